The van der Waals surface area contributed by atoms with Gasteiger partial charge >= 0.3 is 0 Å². The highest BCUT2D eigenvalue weighted by molar-refractivity contribution is 5.85. The van der Waals surface area contributed by atoms with Gasteiger partial charge in [-0.25, -0.2) is 4.98 Å². The molecule has 1 aromatic heterocycles. The molecule has 20 heavy (non-hydrogen) atoms. The first-order valence-electron chi connectivity index (χ1n) is 6.53. The number of nitrogens with zero attached hydrogens (tertiary/aromatic N) is 2. The standard InChI is InChI=1S/C13H16N4O2.ClH/c14-9-3-1-8(2-4-9)13-15-11-6-5-10(17(18)19)7-12(11)16-13;/h5-9H,1-4,14H2,(H,15,16);1H. The molecular formula is C13H17ClN4O2. The van der Waals surface area contributed by atoms with Crippen LogP contribution in [-0.2, 0) is 0 Å². The monoisotopic (exact) mass is 296 g/mol. The fourth-order valence-electron chi connectivity index (χ4n) is 2.72. The average molecular weight is 297 g/mol. The second-order valence-electron chi connectivity index (χ2n) is 5.19. The molecule has 1 aliphatic carbocycles. The first-order chi connectivity index (χ1) is 9.13. The molecule has 1 fully saturated rings. The van der Waals surface area contributed by atoms with Crippen molar-refractivity contribution in [1.29, 1.82) is 0 Å². The number of non-ortho nitro benzene ring substituents is 1. The molecule has 0 atom stereocenters. The lowest BCUT2D eigenvalue weighted by molar-refractivity contribution is -0.384. The number of nitro benzene ring substituents is 1. The van der Waals surface area contributed by atoms with Crippen LogP contribution in [0, 0.1) is 10.1 Å². The van der Waals surface area contributed by atoms with Gasteiger partial charge < -0.3 is 10.7 Å². The van der Waals surface area contributed by atoms with Gasteiger partial charge in [0.2, 0.25) is 0 Å². The maximum absolute atomic E-state index is 10.7. The van der Waals surface area contributed by atoms with Gasteiger partial charge in [0.25, 0.3) is 5.69 Å². The average Bonchev–Trinajstić information content (AvgIpc) is 2.82. The maximum Gasteiger partial charge on any atom is 0.271 e. The number of nitrogens with one attached hydrogen (secondary N) is 1. The molecule has 1 aromatic carbocycles. The van der Waals surface area contributed by atoms with Crippen molar-refractivity contribution in [3.63, 3.8) is 0 Å². The minimum atomic E-state index is -0.389. The van der Waals surface area contributed by atoms with Crippen LogP contribution in [0.25, 0.3) is 11.0 Å². The van der Waals surface area contributed by atoms with Crippen molar-refractivity contribution in [1.82, 2.24) is 9.97 Å². The van der Waals surface area contributed by atoms with Crippen LogP contribution in [0.5, 0.6) is 0 Å². The number of imidazole rings is 1. The smallest absolute Gasteiger partial charge is 0.271 e. The summed E-state index contributed by atoms with van der Waals surface area (Å²) in [7, 11) is 0. The summed E-state index contributed by atoms with van der Waals surface area (Å²) in [5.41, 5.74) is 7.51. The van der Waals surface area contributed by atoms with Crippen molar-refractivity contribution in [2.75, 3.05) is 0 Å². The Morgan fingerprint density at radius 1 is 1.30 bits per heavy atom. The number of aromatic amines is 1. The SMILES string of the molecule is Cl.NC1CCC(c2nc3ccc([N+](=O)[O-])cc3[nH]2)CC1. The predicted molar refractivity (Wildman–Crippen MR) is 79.2 cm³/mol. The van der Waals surface area contributed by atoms with Crippen LogP contribution in [0.4, 0.5) is 5.69 Å². The van der Waals surface area contributed by atoms with E-state index < -0.39 is 0 Å². The van der Waals surface area contributed by atoms with Crippen LogP contribution in [0.3, 0.4) is 0 Å². The summed E-state index contributed by atoms with van der Waals surface area (Å²) >= 11 is 0. The minimum absolute atomic E-state index is 0. The van der Waals surface area contributed by atoms with Crippen LogP contribution in [-0.4, -0.2) is 20.9 Å². The van der Waals surface area contributed by atoms with Gasteiger partial charge in [-0.3, -0.25) is 10.1 Å². The van der Waals surface area contributed by atoms with Gasteiger partial charge in [-0.2, -0.15) is 0 Å². The number of nitro groups is 1. The van der Waals surface area contributed by atoms with Crippen molar-refractivity contribution in [3.8, 4) is 0 Å². The van der Waals surface area contributed by atoms with E-state index in [1.807, 2.05) is 0 Å². The topological polar surface area (TPSA) is 97.8 Å². The lowest BCUT2D eigenvalue weighted by Gasteiger charge is -2.24. The van der Waals surface area contributed by atoms with Gasteiger partial charge in [-0.05, 0) is 31.7 Å². The zero-order valence-electron chi connectivity index (χ0n) is 10.9. The van der Waals surface area contributed by atoms with E-state index in [0.717, 1.165) is 42.5 Å². The third-order valence-electron chi connectivity index (χ3n) is 3.85. The molecule has 0 bridgehead atoms. The minimum Gasteiger partial charge on any atom is -0.342 e. The Morgan fingerprint density at radius 2 is 2.00 bits per heavy atom. The third-order valence-corrected chi connectivity index (χ3v) is 3.85. The Balaban J connectivity index is 0.00000147. The molecule has 2 aromatic rings. The number of rotatable bonds is 2. The highest BCUT2D eigenvalue weighted by Gasteiger charge is 2.22. The number of aromatic nitrogens is 2. The molecule has 3 rings (SSSR count). The number of halogens is 1. The van der Waals surface area contributed by atoms with Gasteiger partial charge in [0, 0.05) is 24.1 Å². The number of hydrogen-bond donors (Lipinski definition) is 2. The van der Waals surface area contributed by atoms with Gasteiger partial charge in [-0.15, -0.1) is 12.4 Å². The van der Waals surface area contributed by atoms with E-state index in [1.165, 1.54) is 6.07 Å². The molecular weight excluding hydrogens is 280 g/mol. The quantitative estimate of drug-likeness (QED) is 0.657. The lowest BCUT2D eigenvalue weighted by Crippen LogP contribution is -2.26. The second-order valence-corrected chi connectivity index (χ2v) is 5.19. The molecule has 0 unspecified atom stereocenters. The van der Waals surface area contributed by atoms with E-state index >= 15 is 0 Å². The van der Waals surface area contributed by atoms with Crippen LogP contribution >= 0.6 is 12.4 Å². The van der Waals surface area contributed by atoms with Crippen molar-refractivity contribution in [2.24, 2.45) is 5.73 Å². The molecule has 1 heterocycles. The van der Waals surface area contributed by atoms with E-state index in [-0.39, 0.29) is 23.0 Å². The fourth-order valence-corrected chi connectivity index (χ4v) is 2.72. The highest BCUT2D eigenvalue weighted by atomic mass is 35.5. The molecule has 6 nitrogen and oxygen atoms in total. The van der Waals surface area contributed by atoms with Gasteiger partial charge in [-0.1, -0.05) is 0 Å². The summed E-state index contributed by atoms with van der Waals surface area (Å²) in [4.78, 5) is 18.1. The highest BCUT2D eigenvalue weighted by Crippen LogP contribution is 2.32. The Hall–Kier alpha value is -1.66. The first-order valence-corrected chi connectivity index (χ1v) is 6.53. The predicted octanol–water partition coefficient (Wildman–Crippen LogP) is 2.88. The second kappa shape index (κ2) is 5.76. The summed E-state index contributed by atoms with van der Waals surface area (Å²) in [5.74, 6) is 1.33. The molecule has 7 heteroatoms. The van der Waals surface area contributed by atoms with Crippen molar-refractivity contribution in [2.45, 2.75) is 37.6 Å². The van der Waals surface area contributed by atoms with Crippen LogP contribution < -0.4 is 5.73 Å². The maximum atomic E-state index is 10.7. The van der Waals surface area contributed by atoms with Crippen LogP contribution in [0.1, 0.15) is 37.4 Å². The molecule has 1 aliphatic rings. The van der Waals surface area contributed by atoms with Crippen molar-refractivity contribution >= 4 is 29.1 Å². The lowest BCUT2D eigenvalue weighted by atomic mass is 9.86. The Morgan fingerprint density at radius 3 is 2.65 bits per heavy atom. The molecule has 0 amide bonds. The number of nitrogens with two attached hydrogens (primary N) is 1. The fraction of sp³-hybridized carbons (Fsp3) is 0.462. The summed E-state index contributed by atoms with van der Waals surface area (Å²) in [6, 6.07) is 5.04. The van der Waals surface area contributed by atoms with Crippen molar-refractivity contribution in [3.05, 3.63) is 34.1 Å². The molecule has 0 saturated heterocycles. The number of H-pyrrole nitrogens is 1. The molecule has 0 spiro atoms. The van der Waals surface area contributed by atoms with E-state index in [2.05, 4.69) is 9.97 Å². The number of benzene rings is 1. The molecule has 1 saturated carbocycles. The zero-order chi connectivity index (χ0) is 13.4. The Kier molecular flexibility index (Phi) is 4.25. The summed E-state index contributed by atoms with van der Waals surface area (Å²) in [5, 5.41) is 10.7. The summed E-state index contributed by atoms with van der Waals surface area (Å²) in [6.45, 7) is 0. The first kappa shape index (κ1) is 14.7. The summed E-state index contributed by atoms with van der Waals surface area (Å²) in [6.07, 6.45) is 4.09. The largest absolute Gasteiger partial charge is 0.342 e. The molecule has 0 radical (unpaired) electrons. The summed E-state index contributed by atoms with van der Waals surface area (Å²) < 4.78 is 0. The van der Waals surface area contributed by atoms with E-state index in [9.17, 15) is 10.1 Å². The van der Waals surface area contributed by atoms with Crippen LogP contribution in [0.15, 0.2) is 18.2 Å². The number of hydrogen-bond acceptors (Lipinski definition) is 4. The van der Waals surface area contributed by atoms with E-state index in [4.69, 9.17) is 5.73 Å². The van der Waals surface area contributed by atoms with Gasteiger partial charge in [0.05, 0.1) is 16.0 Å². The molecule has 108 valence electrons. The molecule has 3 N–H and O–H groups in total. The Labute approximate surface area is 122 Å². The van der Waals surface area contributed by atoms with E-state index in [0.29, 0.717) is 12.0 Å². The molecule has 0 aliphatic heterocycles. The van der Waals surface area contributed by atoms with Gasteiger partial charge in [0.15, 0.2) is 0 Å². The normalized spacial score (nSPS) is 22.4. The third kappa shape index (κ3) is 2.76. The number of fused-ring (bicyclic) bond motifs is 1. The Bertz CT molecular complexity index is 620. The van der Waals surface area contributed by atoms with Crippen molar-refractivity contribution < 1.29 is 4.92 Å². The zero-order valence-corrected chi connectivity index (χ0v) is 11.7. The van der Waals surface area contributed by atoms with E-state index in [1.54, 1.807) is 12.1 Å². The van der Waals surface area contributed by atoms with Gasteiger partial charge in [0.1, 0.15) is 5.82 Å². The van der Waals surface area contributed by atoms with Crippen LogP contribution in [0.2, 0.25) is 0 Å².